The van der Waals surface area contributed by atoms with Crippen LogP contribution in [-0.2, 0) is 0 Å². The summed E-state index contributed by atoms with van der Waals surface area (Å²) >= 11 is 0. The smallest absolute Gasteiger partial charge is 0.189 e. The Balaban J connectivity index is 1.53. The van der Waals surface area contributed by atoms with Crippen molar-refractivity contribution in [3.63, 3.8) is 0 Å². The third-order valence-corrected chi connectivity index (χ3v) is 5.62. The number of nitrogens with zero attached hydrogens (tertiary/aromatic N) is 1. The zero-order chi connectivity index (χ0) is 22.7. The van der Waals surface area contributed by atoms with E-state index in [1.54, 1.807) is 24.4 Å². The molecule has 1 unspecified atom stereocenters. The van der Waals surface area contributed by atoms with Gasteiger partial charge >= 0.3 is 0 Å². The lowest BCUT2D eigenvalue weighted by molar-refractivity contribution is 0.104. The van der Waals surface area contributed by atoms with Crippen LogP contribution in [0, 0.1) is 0 Å². The molecule has 2 heterocycles. The van der Waals surface area contributed by atoms with Crippen LogP contribution >= 0.6 is 0 Å². The van der Waals surface area contributed by atoms with Crippen LogP contribution in [0.25, 0.3) is 23.1 Å². The van der Waals surface area contributed by atoms with Crippen LogP contribution in [0.4, 0.5) is 0 Å². The number of carbonyl (C=O) groups is 1. The number of aromatic nitrogens is 1. The molecule has 1 aliphatic heterocycles. The Morgan fingerprint density at radius 3 is 2.81 bits per heavy atom. The fraction of sp³-hybridized carbons (Fsp3) is 0.214. The van der Waals surface area contributed by atoms with E-state index in [0.717, 1.165) is 29.3 Å². The van der Waals surface area contributed by atoms with E-state index in [1.807, 2.05) is 49.4 Å². The van der Waals surface area contributed by atoms with Gasteiger partial charge in [0.25, 0.3) is 0 Å². The first-order chi connectivity index (χ1) is 15.3. The van der Waals surface area contributed by atoms with Crippen molar-refractivity contribution in [2.24, 2.45) is 0 Å². The maximum atomic E-state index is 12.8. The van der Waals surface area contributed by atoms with E-state index in [2.05, 4.69) is 24.9 Å². The number of rotatable bonds is 6. The van der Waals surface area contributed by atoms with Gasteiger partial charge in [0.1, 0.15) is 17.1 Å². The maximum absolute atomic E-state index is 12.8. The van der Waals surface area contributed by atoms with E-state index in [-0.39, 0.29) is 17.1 Å². The van der Waals surface area contributed by atoms with Gasteiger partial charge in [0.15, 0.2) is 5.78 Å². The molecular formula is C28H27NO3. The van der Waals surface area contributed by atoms with E-state index in [4.69, 9.17) is 4.74 Å². The number of fused-ring (bicyclic) bond motifs is 2. The number of phenolic OH excluding ortho intramolecular Hbond substituents is 1. The van der Waals surface area contributed by atoms with Crippen LogP contribution in [0.5, 0.6) is 11.5 Å². The maximum Gasteiger partial charge on any atom is 0.189 e. The number of allylic oxidation sites excluding steroid dienone is 3. The van der Waals surface area contributed by atoms with Gasteiger partial charge in [-0.05, 0) is 87.7 Å². The summed E-state index contributed by atoms with van der Waals surface area (Å²) in [5, 5.41) is 11.8. The Labute approximate surface area is 188 Å². The summed E-state index contributed by atoms with van der Waals surface area (Å²) in [7, 11) is 0. The minimum atomic E-state index is -0.445. The number of aromatic hydroxyl groups is 1. The molecule has 32 heavy (non-hydrogen) atoms. The molecule has 0 saturated heterocycles. The van der Waals surface area contributed by atoms with Crippen LogP contribution < -0.4 is 4.74 Å². The number of hydrogen-bond acceptors (Lipinski definition) is 4. The Kier molecular flexibility index (Phi) is 5.95. The van der Waals surface area contributed by atoms with Crippen LogP contribution in [0.1, 0.15) is 55.1 Å². The van der Waals surface area contributed by atoms with Gasteiger partial charge in [-0.25, -0.2) is 0 Å². The standard InChI is InChI=1S/C28H27NO3/c1-19(2)7-6-15-28(3)16-14-23-26(32-28)13-11-22(27(23)31)25(30)12-10-20-17-21-8-4-5-9-24(21)29-18-20/h4-5,7-14,16-18,31H,6,15H2,1-3H3/b12-10+. The summed E-state index contributed by atoms with van der Waals surface area (Å²) in [6, 6.07) is 13.2. The van der Waals surface area contributed by atoms with Gasteiger partial charge < -0.3 is 9.84 Å². The average Bonchev–Trinajstić information content (AvgIpc) is 2.77. The number of ketones is 1. The van der Waals surface area contributed by atoms with Crippen molar-refractivity contribution in [2.75, 3.05) is 0 Å². The molecule has 4 rings (SSSR count). The van der Waals surface area contributed by atoms with Crippen molar-refractivity contribution < 1.29 is 14.6 Å². The Bertz CT molecular complexity index is 1260. The van der Waals surface area contributed by atoms with Gasteiger partial charge in [-0.1, -0.05) is 29.8 Å². The van der Waals surface area contributed by atoms with E-state index in [9.17, 15) is 9.90 Å². The highest BCUT2D eigenvalue weighted by atomic mass is 16.5. The summed E-state index contributed by atoms with van der Waals surface area (Å²) in [5.41, 5.74) is 3.35. The average molecular weight is 426 g/mol. The zero-order valence-electron chi connectivity index (χ0n) is 18.6. The summed E-state index contributed by atoms with van der Waals surface area (Å²) in [4.78, 5) is 17.2. The topological polar surface area (TPSA) is 59.4 Å². The van der Waals surface area contributed by atoms with Crippen molar-refractivity contribution in [1.82, 2.24) is 4.98 Å². The van der Waals surface area contributed by atoms with Crippen LogP contribution in [0.15, 0.2) is 72.5 Å². The molecular weight excluding hydrogens is 398 g/mol. The molecule has 2 aromatic carbocycles. The van der Waals surface area contributed by atoms with E-state index in [1.165, 1.54) is 11.6 Å². The minimum Gasteiger partial charge on any atom is -0.506 e. The highest BCUT2D eigenvalue weighted by molar-refractivity contribution is 6.09. The summed E-state index contributed by atoms with van der Waals surface area (Å²) in [6.07, 6.45) is 12.6. The molecule has 4 heteroatoms. The quantitative estimate of drug-likeness (QED) is 0.270. The van der Waals surface area contributed by atoms with E-state index in [0.29, 0.717) is 11.3 Å². The molecule has 0 bridgehead atoms. The van der Waals surface area contributed by atoms with Crippen molar-refractivity contribution in [3.8, 4) is 11.5 Å². The number of phenols is 1. The molecule has 0 aliphatic carbocycles. The molecule has 1 aliphatic rings. The van der Waals surface area contributed by atoms with Gasteiger partial charge in [0.05, 0.1) is 16.6 Å². The van der Waals surface area contributed by atoms with Crippen LogP contribution in [0.2, 0.25) is 0 Å². The van der Waals surface area contributed by atoms with Crippen molar-refractivity contribution in [2.45, 2.75) is 39.2 Å². The second-order valence-electron chi connectivity index (χ2n) is 8.60. The van der Waals surface area contributed by atoms with Gasteiger partial charge in [0.2, 0.25) is 0 Å². The zero-order valence-corrected chi connectivity index (χ0v) is 18.6. The van der Waals surface area contributed by atoms with Crippen molar-refractivity contribution in [1.29, 1.82) is 0 Å². The number of hydrogen-bond donors (Lipinski definition) is 1. The van der Waals surface area contributed by atoms with E-state index >= 15 is 0 Å². The van der Waals surface area contributed by atoms with Crippen LogP contribution in [0.3, 0.4) is 0 Å². The fourth-order valence-corrected chi connectivity index (χ4v) is 3.81. The normalized spacial score (nSPS) is 17.2. The lowest BCUT2D eigenvalue weighted by Gasteiger charge is -2.32. The summed E-state index contributed by atoms with van der Waals surface area (Å²) in [6.45, 7) is 6.19. The molecule has 162 valence electrons. The fourth-order valence-electron chi connectivity index (χ4n) is 3.81. The molecule has 0 spiro atoms. The molecule has 0 fully saturated rings. The second-order valence-corrected chi connectivity index (χ2v) is 8.60. The largest absolute Gasteiger partial charge is 0.506 e. The molecule has 1 N–H and O–H groups in total. The lowest BCUT2D eigenvalue weighted by atomic mass is 9.93. The van der Waals surface area contributed by atoms with Gasteiger partial charge in [0, 0.05) is 11.6 Å². The molecule has 3 aromatic rings. The highest BCUT2D eigenvalue weighted by Crippen LogP contribution is 2.40. The number of pyridine rings is 1. The summed E-state index contributed by atoms with van der Waals surface area (Å²) in [5.74, 6) is 0.254. The molecule has 1 aromatic heterocycles. The highest BCUT2D eigenvalue weighted by Gasteiger charge is 2.29. The van der Waals surface area contributed by atoms with Crippen LogP contribution in [-0.4, -0.2) is 21.5 Å². The minimum absolute atomic E-state index is 0.0589. The third-order valence-electron chi connectivity index (χ3n) is 5.62. The molecule has 0 saturated carbocycles. The second kappa shape index (κ2) is 8.83. The van der Waals surface area contributed by atoms with Gasteiger partial charge in [-0.15, -0.1) is 0 Å². The number of ether oxygens (including phenoxy) is 1. The van der Waals surface area contributed by atoms with Crippen molar-refractivity contribution >= 4 is 28.8 Å². The van der Waals surface area contributed by atoms with Gasteiger partial charge in [-0.3, -0.25) is 9.78 Å². The Morgan fingerprint density at radius 1 is 1.19 bits per heavy atom. The van der Waals surface area contributed by atoms with Gasteiger partial charge in [-0.2, -0.15) is 0 Å². The number of benzene rings is 2. The molecule has 0 amide bonds. The summed E-state index contributed by atoms with van der Waals surface area (Å²) < 4.78 is 6.17. The Hall–Kier alpha value is -3.66. The molecule has 1 atom stereocenters. The first kappa shape index (κ1) is 21.6. The lowest BCUT2D eigenvalue weighted by Crippen LogP contribution is -2.31. The monoisotopic (exact) mass is 425 g/mol. The Morgan fingerprint density at radius 2 is 2.00 bits per heavy atom. The first-order valence-electron chi connectivity index (χ1n) is 10.8. The SMILES string of the molecule is CC(C)=CCCC1(C)C=Cc2c(ccc(C(=O)/C=C/c3cnc4ccccc4c3)c2O)O1. The van der Waals surface area contributed by atoms with E-state index < -0.39 is 5.60 Å². The molecule has 4 nitrogen and oxygen atoms in total. The third kappa shape index (κ3) is 4.65. The predicted octanol–water partition coefficient (Wildman–Crippen LogP) is 6.75. The first-order valence-corrected chi connectivity index (χ1v) is 10.8. The number of carbonyl (C=O) groups excluding carboxylic acids is 1. The molecule has 0 radical (unpaired) electrons. The number of para-hydroxylation sites is 1. The van der Waals surface area contributed by atoms with Crippen molar-refractivity contribution in [3.05, 3.63) is 89.2 Å². The predicted molar refractivity (Wildman–Crippen MR) is 130 cm³/mol.